The van der Waals surface area contributed by atoms with Gasteiger partial charge in [0.1, 0.15) is 5.69 Å². The number of hydrogen-bond donors (Lipinski definition) is 0. The number of hydrogen-bond acceptors (Lipinski definition) is 4. The number of carbonyl (C=O) groups excluding carboxylic acids is 2. The molecule has 0 aromatic carbocycles. The molecule has 0 amide bonds. The summed E-state index contributed by atoms with van der Waals surface area (Å²) in [6, 6.07) is 0. The van der Waals surface area contributed by atoms with Crippen LogP contribution < -0.4 is 0 Å². The monoisotopic (exact) mass is 163 g/mol. The fourth-order valence-electron chi connectivity index (χ4n) is 0.733. The summed E-state index contributed by atoms with van der Waals surface area (Å²) in [5.74, 6) is 0. The predicted octanol–water partition coefficient (Wildman–Crippen LogP) is -0.620. The smallest absolute Gasteiger partial charge is 0.257 e. The molecule has 5 nitrogen and oxygen atoms in total. The molecule has 0 saturated carbocycles. The molecule has 0 saturated heterocycles. The third-order valence-electron chi connectivity index (χ3n) is 1.23. The minimum absolute atomic E-state index is 0.00454. The number of allylic oxidation sites excluding steroid dienone is 1. The van der Waals surface area contributed by atoms with Crippen molar-refractivity contribution in [1.29, 1.82) is 0 Å². The summed E-state index contributed by atoms with van der Waals surface area (Å²) in [5.41, 5.74) is -0.114. The van der Waals surface area contributed by atoms with E-state index in [1.54, 1.807) is 6.29 Å². The quantitative estimate of drug-likeness (QED) is 0.555. The van der Waals surface area contributed by atoms with Crippen molar-refractivity contribution < 1.29 is 9.59 Å². The van der Waals surface area contributed by atoms with Gasteiger partial charge in [-0.25, -0.2) is 4.68 Å². The molecule has 0 aliphatic carbocycles. The van der Waals surface area contributed by atoms with Gasteiger partial charge in [-0.3, -0.25) is 9.59 Å². The Labute approximate surface area is 68.7 Å². The van der Waals surface area contributed by atoms with Crippen LogP contribution in [0.3, 0.4) is 0 Å². The van der Waals surface area contributed by atoms with Crippen LogP contribution >= 0.6 is 0 Å². The van der Waals surface area contributed by atoms with Crippen LogP contribution in [0.2, 0.25) is 0 Å². The van der Waals surface area contributed by atoms with Crippen molar-refractivity contribution >= 4 is 12.6 Å². The summed E-state index contributed by atoms with van der Waals surface area (Å²) in [6.45, 7) is 3.77. The molecule has 60 valence electrons. The van der Waals surface area contributed by atoms with Crippen molar-refractivity contribution in [2.24, 2.45) is 0 Å². The summed E-state index contributed by atoms with van der Waals surface area (Å²) in [5, 5.41) is 6.92. The Morgan fingerprint density at radius 3 is 2.75 bits per heavy atom. The average Bonchev–Trinajstić information content (AvgIpc) is 2.47. The Morgan fingerprint density at radius 2 is 2.25 bits per heavy atom. The van der Waals surface area contributed by atoms with E-state index in [1.165, 1.54) is 17.0 Å². The Morgan fingerprint density at radius 1 is 1.50 bits per heavy atom. The molecule has 5 heteroatoms. The van der Waals surface area contributed by atoms with E-state index in [9.17, 15) is 9.59 Å². The van der Waals surface area contributed by atoms with E-state index in [0.717, 1.165) is 0 Å². The van der Waals surface area contributed by atoms with Crippen LogP contribution in [-0.2, 0) is 16.1 Å². The second kappa shape index (κ2) is 3.56. The highest BCUT2D eigenvalue weighted by atomic mass is 16.1. The van der Waals surface area contributed by atoms with Gasteiger partial charge < -0.3 is 0 Å². The molecule has 1 aromatic heterocycles. The number of rotatable bonds is 4. The number of nitrogens with zero attached hydrogens (tertiary/aromatic N) is 3. The van der Waals surface area contributed by atoms with Crippen LogP contribution in [0.15, 0.2) is 12.7 Å². The molecule has 0 atom stereocenters. The molecule has 0 fully saturated rings. The zero-order chi connectivity index (χ0) is 8.97. The van der Waals surface area contributed by atoms with E-state index in [4.69, 9.17) is 0 Å². The van der Waals surface area contributed by atoms with Crippen LogP contribution in [-0.4, -0.2) is 27.6 Å². The van der Waals surface area contributed by atoms with Crippen molar-refractivity contribution in [2.45, 2.75) is 6.54 Å². The third kappa shape index (κ3) is 1.29. The van der Waals surface area contributed by atoms with Gasteiger partial charge in [0, 0.05) is 0 Å². The molecule has 1 aromatic rings. The lowest BCUT2D eigenvalue weighted by Crippen LogP contribution is -2.03. The summed E-state index contributed by atoms with van der Waals surface area (Å²) >= 11 is 0. The molecule has 0 unspecified atom stereocenters. The molecule has 0 N–H and O–H groups in total. The van der Waals surface area contributed by atoms with Crippen molar-refractivity contribution in [1.82, 2.24) is 15.0 Å². The molecular weight excluding hydrogens is 158 g/mol. The van der Waals surface area contributed by atoms with Gasteiger partial charge in [0.15, 0.2) is 5.69 Å². The topological polar surface area (TPSA) is 64.8 Å². The zero-order valence-electron chi connectivity index (χ0n) is 6.15. The Kier molecular flexibility index (Phi) is 2.47. The third-order valence-corrected chi connectivity index (χ3v) is 1.23. The Bertz CT molecular complexity index is 316. The highest BCUT2D eigenvalue weighted by molar-refractivity contribution is 5.86. The van der Waals surface area contributed by atoms with E-state index < -0.39 is 0 Å². The molecule has 2 radical (unpaired) electrons. The lowest BCUT2D eigenvalue weighted by Gasteiger charge is -1.93. The molecule has 0 aliphatic heterocycles. The predicted molar refractivity (Wildman–Crippen MR) is 39.8 cm³/mol. The van der Waals surface area contributed by atoms with Gasteiger partial charge in [-0.05, 0) is 0 Å². The first-order chi connectivity index (χ1) is 5.83. The van der Waals surface area contributed by atoms with Gasteiger partial charge in [0.2, 0.25) is 0 Å². The lowest BCUT2D eigenvalue weighted by atomic mass is 10.3. The van der Waals surface area contributed by atoms with Crippen LogP contribution in [0, 0.1) is 0 Å². The maximum atomic E-state index is 10.3. The molecule has 0 aliphatic rings. The zero-order valence-corrected chi connectivity index (χ0v) is 6.15. The summed E-state index contributed by atoms with van der Waals surface area (Å²) in [7, 11) is 0. The first kappa shape index (κ1) is 8.32. The molecule has 12 heavy (non-hydrogen) atoms. The van der Waals surface area contributed by atoms with Gasteiger partial charge in [0.05, 0.1) is 6.54 Å². The average molecular weight is 163 g/mol. The van der Waals surface area contributed by atoms with E-state index >= 15 is 0 Å². The van der Waals surface area contributed by atoms with Gasteiger partial charge in [-0.1, -0.05) is 11.3 Å². The minimum atomic E-state index is -0.119. The van der Waals surface area contributed by atoms with Gasteiger partial charge in [-0.15, -0.1) is 11.7 Å². The molecule has 0 spiro atoms. The largest absolute Gasteiger partial charge is 0.283 e. The fourth-order valence-corrected chi connectivity index (χ4v) is 0.733. The SMILES string of the molecule is C=CCn1nnc([C]=O)c1[C]=O. The van der Waals surface area contributed by atoms with Crippen LogP contribution in [0.1, 0.15) is 11.4 Å². The van der Waals surface area contributed by atoms with Gasteiger partial charge in [-0.2, -0.15) is 0 Å². The van der Waals surface area contributed by atoms with Crippen molar-refractivity contribution in [3.8, 4) is 0 Å². The van der Waals surface area contributed by atoms with Crippen LogP contribution in [0.4, 0.5) is 0 Å². The fraction of sp³-hybridized carbons (Fsp3) is 0.143. The molecule has 0 bridgehead atoms. The van der Waals surface area contributed by atoms with Crippen LogP contribution in [0.25, 0.3) is 0 Å². The summed E-state index contributed by atoms with van der Waals surface area (Å²) < 4.78 is 1.22. The van der Waals surface area contributed by atoms with Crippen molar-refractivity contribution in [3.05, 3.63) is 24.0 Å². The highest BCUT2D eigenvalue weighted by Crippen LogP contribution is 1.98. The number of aromatic nitrogens is 3. The lowest BCUT2D eigenvalue weighted by molar-refractivity contribution is 0.553. The first-order valence-corrected chi connectivity index (χ1v) is 3.14. The highest BCUT2D eigenvalue weighted by Gasteiger charge is 2.11. The van der Waals surface area contributed by atoms with E-state index in [-0.39, 0.29) is 11.4 Å². The first-order valence-electron chi connectivity index (χ1n) is 3.14. The minimum Gasteiger partial charge on any atom is -0.283 e. The van der Waals surface area contributed by atoms with Gasteiger partial charge in [0.25, 0.3) is 12.6 Å². The maximum absolute atomic E-state index is 10.3. The standard InChI is InChI=1S/C7H5N3O2/c1-2-3-10-7(5-12)6(4-11)8-9-10/h2H,1,3H2. The van der Waals surface area contributed by atoms with E-state index in [2.05, 4.69) is 16.9 Å². The van der Waals surface area contributed by atoms with E-state index in [1.807, 2.05) is 0 Å². The van der Waals surface area contributed by atoms with Crippen molar-refractivity contribution in [3.63, 3.8) is 0 Å². The normalized spacial score (nSPS) is 9.33. The Hall–Kier alpha value is -1.78. The van der Waals surface area contributed by atoms with Crippen molar-refractivity contribution in [2.75, 3.05) is 0 Å². The Balaban J connectivity index is 3.11. The molecule has 1 heterocycles. The molecular formula is C7H5N3O2. The summed E-state index contributed by atoms with van der Waals surface area (Å²) in [4.78, 5) is 20.5. The summed E-state index contributed by atoms with van der Waals surface area (Å²) in [6.07, 6.45) is 4.57. The molecule has 1 rings (SSSR count). The maximum Gasteiger partial charge on any atom is 0.257 e. The second-order valence-electron chi connectivity index (χ2n) is 1.96. The van der Waals surface area contributed by atoms with Gasteiger partial charge >= 0.3 is 0 Å². The van der Waals surface area contributed by atoms with Crippen LogP contribution in [0.5, 0.6) is 0 Å². The second-order valence-corrected chi connectivity index (χ2v) is 1.96. The van der Waals surface area contributed by atoms with E-state index in [0.29, 0.717) is 6.54 Å².